The Balaban J connectivity index is 1.61. The van der Waals surface area contributed by atoms with E-state index in [1.165, 1.54) is 0 Å². The van der Waals surface area contributed by atoms with Crippen LogP contribution in [0.5, 0.6) is 0 Å². The van der Waals surface area contributed by atoms with Crippen LogP contribution in [0.15, 0.2) is 36.9 Å². The van der Waals surface area contributed by atoms with Crippen molar-refractivity contribution in [1.29, 1.82) is 0 Å². The average Bonchev–Trinajstić information content (AvgIpc) is 2.61. The molecule has 22 heavy (non-hydrogen) atoms. The van der Waals surface area contributed by atoms with Crippen molar-refractivity contribution >= 4 is 18.0 Å². The van der Waals surface area contributed by atoms with Gasteiger partial charge in [-0.25, -0.2) is 9.97 Å². The summed E-state index contributed by atoms with van der Waals surface area (Å²) in [7, 11) is 0. The third-order valence-corrected chi connectivity index (χ3v) is 3.66. The van der Waals surface area contributed by atoms with E-state index < -0.39 is 0 Å². The number of amides is 1. The van der Waals surface area contributed by atoms with Crippen LogP contribution < -0.4 is 10.2 Å². The van der Waals surface area contributed by atoms with E-state index in [1.807, 2.05) is 18.2 Å². The summed E-state index contributed by atoms with van der Waals surface area (Å²) in [6.45, 7) is 3.73. The van der Waals surface area contributed by atoms with Crippen LogP contribution >= 0.6 is 0 Å². The van der Waals surface area contributed by atoms with E-state index >= 15 is 0 Å². The fraction of sp³-hybridized carbons (Fsp3) is 0.333. The molecule has 1 aliphatic rings. The zero-order valence-electron chi connectivity index (χ0n) is 12.2. The van der Waals surface area contributed by atoms with Crippen molar-refractivity contribution in [2.45, 2.75) is 6.54 Å². The maximum atomic E-state index is 10.7. The minimum atomic E-state index is 0.692. The van der Waals surface area contributed by atoms with Gasteiger partial charge >= 0.3 is 0 Å². The Kier molecular flexibility index (Phi) is 4.43. The van der Waals surface area contributed by atoms with Gasteiger partial charge in [0.2, 0.25) is 6.41 Å². The Morgan fingerprint density at radius 1 is 1.14 bits per heavy atom. The number of hydrogen-bond donors (Lipinski definition) is 1. The van der Waals surface area contributed by atoms with E-state index in [2.05, 4.69) is 25.2 Å². The van der Waals surface area contributed by atoms with Crippen LogP contribution in [0.25, 0.3) is 0 Å². The molecule has 1 amide bonds. The summed E-state index contributed by atoms with van der Waals surface area (Å²) < 4.78 is 0. The minimum Gasteiger partial charge on any atom is -0.366 e. The van der Waals surface area contributed by atoms with Gasteiger partial charge in [-0.15, -0.1) is 0 Å². The number of hydrogen-bond acceptors (Lipinski definition) is 6. The maximum Gasteiger partial charge on any atom is 0.209 e. The molecule has 0 aromatic carbocycles. The molecule has 1 fully saturated rings. The third-order valence-electron chi connectivity index (χ3n) is 3.66. The molecule has 2 aromatic rings. The molecule has 0 spiro atoms. The van der Waals surface area contributed by atoms with Gasteiger partial charge in [0, 0.05) is 51.2 Å². The van der Waals surface area contributed by atoms with Crippen LogP contribution in [-0.4, -0.2) is 52.4 Å². The maximum absolute atomic E-state index is 10.7. The number of anilines is 2. The first kappa shape index (κ1) is 14.2. The molecular formula is C15H18N6O. The quantitative estimate of drug-likeness (QED) is 0.822. The van der Waals surface area contributed by atoms with Crippen LogP contribution in [0.1, 0.15) is 5.56 Å². The first-order valence-electron chi connectivity index (χ1n) is 7.24. The van der Waals surface area contributed by atoms with Crippen molar-refractivity contribution < 1.29 is 4.79 Å². The van der Waals surface area contributed by atoms with Crippen molar-refractivity contribution in [3.63, 3.8) is 0 Å². The summed E-state index contributed by atoms with van der Waals surface area (Å²) >= 11 is 0. The van der Waals surface area contributed by atoms with E-state index in [0.29, 0.717) is 6.54 Å². The fourth-order valence-corrected chi connectivity index (χ4v) is 2.37. The molecule has 3 rings (SSSR count). The van der Waals surface area contributed by atoms with E-state index in [4.69, 9.17) is 0 Å². The minimum absolute atomic E-state index is 0.692. The molecule has 7 heteroatoms. The number of piperazine rings is 1. The number of rotatable bonds is 5. The van der Waals surface area contributed by atoms with Crippen molar-refractivity contribution in [1.82, 2.24) is 19.9 Å². The molecule has 0 saturated carbocycles. The van der Waals surface area contributed by atoms with Gasteiger partial charge in [0.1, 0.15) is 18.0 Å². The van der Waals surface area contributed by atoms with Gasteiger partial charge in [0.05, 0.1) is 0 Å². The molecular weight excluding hydrogens is 280 g/mol. The second-order valence-electron chi connectivity index (χ2n) is 5.10. The van der Waals surface area contributed by atoms with Crippen LogP contribution in [-0.2, 0) is 11.3 Å². The Bertz CT molecular complexity index is 612. The van der Waals surface area contributed by atoms with Gasteiger partial charge in [-0.1, -0.05) is 0 Å². The van der Waals surface area contributed by atoms with Gasteiger partial charge in [0.15, 0.2) is 0 Å². The van der Waals surface area contributed by atoms with Crippen LogP contribution in [0.3, 0.4) is 0 Å². The lowest BCUT2D eigenvalue weighted by Crippen LogP contribution is -2.46. The lowest BCUT2D eigenvalue weighted by atomic mass is 10.3. The third kappa shape index (κ3) is 3.49. The van der Waals surface area contributed by atoms with Crippen LogP contribution in [0.2, 0.25) is 0 Å². The van der Waals surface area contributed by atoms with E-state index in [-0.39, 0.29) is 0 Å². The molecule has 1 saturated heterocycles. The number of nitrogens with zero attached hydrogens (tertiary/aromatic N) is 5. The smallest absolute Gasteiger partial charge is 0.209 e. The lowest BCUT2D eigenvalue weighted by molar-refractivity contribution is -0.118. The lowest BCUT2D eigenvalue weighted by Gasteiger charge is -2.33. The highest BCUT2D eigenvalue weighted by Gasteiger charge is 2.16. The van der Waals surface area contributed by atoms with Crippen molar-refractivity contribution in [2.24, 2.45) is 0 Å². The molecule has 1 N–H and O–H groups in total. The van der Waals surface area contributed by atoms with Crippen LogP contribution in [0, 0.1) is 0 Å². The number of carbonyl (C=O) groups is 1. The molecule has 0 aliphatic carbocycles. The number of pyridine rings is 1. The molecule has 0 radical (unpaired) electrons. The first-order valence-corrected chi connectivity index (χ1v) is 7.24. The zero-order chi connectivity index (χ0) is 15.2. The Labute approximate surface area is 129 Å². The predicted octanol–water partition coefficient (Wildman–Crippen LogP) is 0.762. The summed E-state index contributed by atoms with van der Waals surface area (Å²) in [5.74, 6) is 1.68. The Morgan fingerprint density at radius 3 is 2.64 bits per heavy atom. The van der Waals surface area contributed by atoms with E-state index in [1.54, 1.807) is 23.6 Å². The molecule has 0 atom stereocenters. The van der Waals surface area contributed by atoms with Gasteiger partial charge in [0.25, 0.3) is 0 Å². The van der Waals surface area contributed by atoms with Gasteiger partial charge in [-0.2, -0.15) is 0 Å². The highest BCUT2D eigenvalue weighted by atomic mass is 16.1. The predicted molar refractivity (Wildman–Crippen MR) is 83.4 cm³/mol. The monoisotopic (exact) mass is 298 g/mol. The van der Waals surface area contributed by atoms with Crippen molar-refractivity contribution in [2.75, 3.05) is 36.4 Å². The summed E-state index contributed by atoms with van der Waals surface area (Å²) in [4.78, 5) is 27.3. The zero-order valence-corrected chi connectivity index (χ0v) is 12.2. The highest BCUT2D eigenvalue weighted by Crippen LogP contribution is 2.16. The topological polar surface area (TPSA) is 74.2 Å². The molecule has 0 bridgehead atoms. The molecule has 2 aromatic heterocycles. The summed E-state index contributed by atoms with van der Waals surface area (Å²) in [5, 5.41) is 3.29. The van der Waals surface area contributed by atoms with Crippen molar-refractivity contribution in [3.05, 3.63) is 42.5 Å². The number of nitrogens with one attached hydrogen (secondary N) is 1. The first-order chi connectivity index (χ1) is 10.8. The molecule has 1 aliphatic heterocycles. The second-order valence-corrected chi connectivity index (χ2v) is 5.10. The van der Waals surface area contributed by atoms with Gasteiger partial charge in [-0.3, -0.25) is 9.78 Å². The van der Waals surface area contributed by atoms with Gasteiger partial charge < -0.3 is 15.1 Å². The highest BCUT2D eigenvalue weighted by molar-refractivity contribution is 5.51. The number of carbonyl (C=O) groups excluding carboxylic acids is 1. The van der Waals surface area contributed by atoms with E-state index in [9.17, 15) is 4.79 Å². The standard InChI is InChI=1S/C15H18N6O/c22-12-20-5-7-21(8-6-20)15-9-14(18-11-19-15)17-10-13-1-3-16-4-2-13/h1-4,9,11-12H,5-8,10H2,(H,17,18,19). The summed E-state index contributed by atoms with van der Waals surface area (Å²) in [6.07, 6.45) is 6.01. The van der Waals surface area contributed by atoms with E-state index in [0.717, 1.165) is 49.8 Å². The average molecular weight is 298 g/mol. The SMILES string of the molecule is O=CN1CCN(c2cc(NCc3ccncc3)ncn2)CC1. The molecule has 0 unspecified atom stereocenters. The number of aromatic nitrogens is 3. The molecule has 114 valence electrons. The molecule has 7 nitrogen and oxygen atoms in total. The fourth-order valence-electron chi connectivity index (χ4n) is 2.37. The summed E-state index contributed by atoms with van der Waals surface area (Å²) in [6, 6.07) is 5.87. The van der Waals surface area contributed by atoms with Gasteiger partial charge in [-0.05, 0) is 17.7 Å². The second kappa shape index (κ2) is 6.84. The molecule has 3 heterocycles. The Morgan fingerprint density at radius 2 is 1.91 bits per heavy atom. The Hall–Kier alpha value is -2.70. The normalized spacial score (nSPS) is 14.7. The summed E-state index contributed by atoms with van der Waals surface area (Å²) in [5.41, 5.74) is 1.15. The largest absolute Gasteiger partial charge is 0.366 e. The van der Waals surface area contributed by atoms with Crippen molar-refractivity contribution in [3.8, 4) is 0 Å². The van der Waals surface area contributed by atoms with Crippen LogP contribution in [0.4, 0.5) is 11.6 Å².